The molecular weight excluding hydrogens is 268 g/mol. The van der Waals surface area contributed by atoms with Crippen LogP contribution >= 0.6 is 0 Å². The summed E-state index contributed by atoms with van der Waals surface area (Å²) >= 11 is 0. The highest BCUT2D eigenvalue weighted by molar-refractivity contribution is 5.50. The molecule has 1 aromatic carbocycles. The summed E-state index contributed by atoms with van der Waals surface area (Å²) < 4.78 is 16.2. The molecule has 0 spiro atoms. The molecule has 1 saturated heterocycles. The van der Waals surface area contributed by atoms with Crippen molar-refractivity contribution in [1.29, 1.82) is 0 Å². The SMILES string of the molecule is COc1cc(OC)c(OC)cc1CN(C)CC1CCCN1. The van der Waals surface area contributed by atoms with Gasteiger partial charge in [-0.2, -0.15) is 0 Å². The Bertz CT molecular complexity index is 459. The number of likely N-dealkylation sites (N-methyl/N-ethyl adjacent to an activating group) is 1. The number of nitrogens with zero attached hydrogens (tertiary/aromatic N) is 1. The van der Waals surface area contributed by atoms with E-state index in [0.29, 0.717) is 11.8 Å². The van der Waals surface area contributed by atoms with E-state index >= 15 is 0 Å². The lowest BCUT2D eigenvalue weighted by atomic mass is 10.1. The van der Waals surface area contributed by atoms with Crippen molar-refractivity contribution in [1.82, 2.24) is 10.2 Å². The number of hydrogen-bond acceptors (Lipinski definition) is 5. The maximum Gasteiger partial charge on any atom is 0.164 e. The molecule has 2 rings (SSSR count). The van der Waals surface area contributed by atoms with Gasteiger partial charge in [-0.25, -0.2) is 0 Å². The number of rotatable bonds is 7. The molecule has 0 amide bonds. The first-order valence-electron chi connectivity index (χ1n) is 7.38. The lowest BCUT2D eigenvalue weighted by Gasteiger charge is -2.23. The molecule has 1 N–H and O–H groups in total. The van der Waals surface area contributed by atoms with E-state index in [0.717, 1.165) is 36.7 Å². The normalized spacial score (nSPS) is 18.0. The fourth-order valence-electron chi connectivity index (χ4n) is 2.86. The second kappa shape index (κ2) is 7.52. The Balaban J connectivity index is 2.09. The van der Waals surface area contributed by atoms with Gasteiger partial charge in [0.15, 0.2) is 11.5 Å². The fourth-order valence-corrected chi connectivity index (χ4v) is 2.86. The molecule has 0 radical (unpaired) electrons. The van der Waals surface area contributed by atoms with Crippen LogP contribution in [0.3, 0.4) is 0 Å². The van der Waals surface area contributed by atoms with E-state index in [2.05, 4.69) is 17.3 Å². The molecule has 5 nitrogen and oxygen atoms in total. The molecule has 1 fully saturated rings. The van der Waals surface area contributed by atoms with Crippen molar-refractivity contribution in [3.8, 4) is 17.2 Å². The van der Waals surface area contributed by atoms with Gasteiger partial charge >= 0.3 is 0 Å². The van der Waals surface area contributed by atoms with Crippen molar-refractivity contribution in [2.75, 3.05) is 41.5 Å². The van der Waals surface area contributed by atoms with E-state index in [1.54, 1.807) is 21.3 Å². The molecule has 1 heterocycles. The summed E-state index contributed by atoms with van der Waals surface area (Å²) in [6, 6.07) is 4.48. The van der Waals surface area contributed by atoms with Crippen LogP contribution in [-0.2, 0) is 6.54 Å². The lowest BCUT2D eigenvalue weighted by molar-refractivity contribution is 0.285. The number of hydrogen-bond donors (Lipinski definition) is 1. The molecule has 5 heteroatoms. The molecule has 0 aromatic heterocycles. The first-order valence-corrected chi connectivity index (χ1v) is 7.38. The summed E-state index contributed by atoms with van der Waals surface area (Å²) in [6.07, 6.45) is 2.53. The zero-order valence-corrected chi connectivity index (χ0v) is 13.4. The summed E-state index contributed by atoms with van der Waals surface area (Å²) in [6.45, 7) is 3.00. The van der Waals surface area contributed by atoms with Crippen molar-refractivity contribution in [2.24, 2.45) is 0 Å². The summed E-state index contributed by atoms with van der Waals surface area (Å²) in [4.78, 5) is 2.31. The zero-order valence-electron chi connectivity index (χ0n) is 13.4. The molecule has 0 saturated carbocycles. The van der Waals surface area contributed by atoms with Gasteiger partial charge in [-0.1, -0.05) is 0 Å². The molecule has 118 valence electrons. The van der Waals surface area contributed by atoms with Crippen LogP contribution in [0.25, 0.3) is 0 Å². The minimum atomic E-state index is 0.598. The average molecular weight is 294 g/mol. The van der Waals surface area contributed by atoms with Crippen molar-refractivity contribution in [3.05, 3.63) is 17.7 Å². The minimum Gasteiger partial charge on any atom is -0.496 e. The number of ether oxygens (including phenoxy) is 3. The van der Waals surface area contributed by atoms with Gasteiger partial charge in [-0.05, 0) is 32.5 Å². The highest BCUT2D eigenvalue weighted by Crippen LogP contribution is 2.35. The van der Waals surface area contributed by atoms with Gasteiger partial charge in [0, 0.05) is 30.8 Å². The first-order chi connectivity index (χ1) is 10.2. The minimum absolute atomic E-state index is 0.598. The van der Waals surface area contributed by atoms with Crippen LogP contribution < -0.4 is 19.5 Å². The van der Waals surface area contributed by atoms with Gasteiger partial charge in [0.25, 0.3) is 0 Å². The Labute approximate surface area is 127 Å². The average Bonchev–Trinajstić information content (AvgIpc) is 2.99. The third-order valence-corrected chi connectivity index (χ3v) is 3.92. The maximum atomic E-state index is 5.48. The van der Waals surface area contributed by atoms with Crippen LogP contribution in [0.15, 0.2) is 12.1 Å². The van der Waals surface area contributed by atoms with Gasteiger partial charge in [0.2, 0.25) is 0 Å². The molecule has 1 atom stereocenters. The number of benzene rings is 1. The standard InChI is InChI=1S/C16H26N2O3/c1-18(11-13-6-5-7-17-13)10-12-8-15(20-3)16(21-4)9-14(12)19-2/h8-9,13,17H,5-7,10-11H2,1-4H3. The van der Waals surface area contributed by atoms with Crippen molar-refractivity contribution >= 4 is 0 Å². The number of nitrogens with one attached hydrogen (secondary N) is 1. The first kappa shape index (κ1) is 15.9. The Kier molecular flexibility index (Phi) is 5.70. The van der Waals surface area contributed by atoms with Gasteiger partial charge in [-0.15, -0.1) is 0 Å². The second-order valence-electron chi connectivity index (χ2n) is 5.51. The van der Waals surface area contributed by atoms with Crippen LogP contribution in [-0.4, -0.2) is 52.4 Å². The van der Waals surface area contributed by atoms with Gasteiger partial charge in [-0.3, -0.25) is 0 Å². The van der Waals surface area contributed by atoms with E-state index in [9.17, 15) is 0 Å². The largest absolute Gasteiger partial charge is 0.496 e. The predicted octanol–water partition coefficient (Wildman–Crippen LogP) is 1.90. The third-order valence-electron chi connectivity index (χ3n) is 3.92. The van der Waals surface area contributed by atoms with E-state index in [-0.39, 0.29) is 0 Å². The van der Waals surface area contributed by atoms with Crippen molar-refractivity contribution < 1.29 is 14.2 Å². The van der Waals surface area contributed by atoms with E-state index in [4.69, 9.17) is 14.2 Å². The lowest BCUT2D eigenvalue weighted by Crippen LogP contribution is -2.35. The van der Waals surface area contributed by atoms with Gasteiger partial charge in [0.1, 0.15) is 5.75 Å². The van der Waals surface area contributed by atoms with Crippen LogP contribution in [0.5, 0.6) is 17.2 Å². The van der Waals surface area contributed by atoms with Crippen molar-refractivity contribution in [3.63, 3.8) is 0 Å². The maximum absolute atomic E-state index is 5.48. The van der Waals surface area contributed by atoms with Crippen molar-refractivity contribution in [2.45, 2.75) is 25.4 Å². The van der Waals surface area contributed by atoms with Crippen LogP contribution in [0.1, 0.15) is 18.4 Å². The Morgan fingerprint density at radius 3 is 2.33 bits per heavy atom. The monoisotopic (exact) mass is 294 g/mol. The highest BCUT2D eigenvalue weighted by atomic mass is 16.5. The molecule has 1 aliphatic heterocycles. The smallest absolute Gasteiger partial charge is 0.164 e. The Morgan fingerprint density at radius 1 is 1.10 bits per heavy atom. The molecule has 1 aromatic rings. The Morgan fingerprint density at radius 2 is 1.76 bits per heavy atom. The van der Waals surface area contributed by atoms with Crippen LogP contribution in [0.4, 0.5) is 0 Å². The summed E-state index contributed by atoms with van der Waals surface area (Å²) in [5.74, 6) is 2.26. The predicted molar refractivity (Wildman–Crippen MR) is 83.5 cm³/mol. The van der Waals surface area contributed by atoms with E-state index < -0.39 is 0 Å². The van der Waals surface area contributed by atoms with Crippen LogP contribution in [0, 0.1) is 0 Å². The zero-order chi connectivity index (χ0) is 15.2. The molecule has 0 bridgehead atoms. The summed E-state index contributed by atoms with van der Waals surface area (Å²) in [7, 11) is 7.11. The van der Waals surface area contributed by atoms with E-state index in [1.165, 1.54) is 12.8 Å². The molecular formula is C16H26N2O3. The molecule has 21 heavy (non-hydrogen) atoms. The summed E-state index contributed by atoms with van der Waals surface area (Å²) in [5, 5.41) is 3.53. The van der Waals surface area contributed by atoms with E-state index in [1.807, 2.05) is 12.1 Å². The fraction of sp³-hybridized carbons (Fsp3) is 0.625. The quantitative estimate of drug-likeness (QED) is 0.832. The molecule has 1 unspecified atom stereocenters. The summed E-state index contributed by atoms with van der Waals surface area (Å²) in [5.41, 5.74) is 1.11. The van der Waals surface area contributed by atoms with Crippen LogP contribution in [0.2, 0.25) is 0 Å². The second-order valence-corrected chi connectivity index (χ2v) is 5.51. The van der Waals surface area contributed by atoms with Gasteiger partial charge in [0.05, 0.1) is 21.3 Å². The topological polar surface area (TPSA) is 43.0 Å². The number of methoxy groups -OCH3 is 3. The highest BCUT2D eigenvalue weighted by Gasteiger charge is 2.18. The third kappa shape index (κ3) is 4.02. The molecule has 1 aliphatic rings. The molecule has 0 aliphatic carbocycles. The van der Waals surface area contributed by atoms with Gasteiger partial charge < -0.3 is 24.4 Å². The Hall–Kier alpha value is -1.46.